The highest BCUT2D eigenvalue weighted by atomic mass is 79.9. The molecule has 0 radical (unpaired) electrons. The van der Waals surface area contributed by atoms with E-state index in [1.54, 1.807) is 10.9 Å². The van der Waals surface area contributed by atoms with Crippen molar-refractivity contribution in [1.29, 1.82) is 0 Å². The lowest BCUT2D eigenvalue weighted by Crippen LogP contribution is -2.15. The summed E-state index contributed by atoms with van der Waals surface area (Å²) in [5.74, 6) is -0.531. The molecule has 0 fully saturated rings. The van der Waals surface area contributed by atoms with Crippen molar-refractivity contribution in [3.05, 3.63) is 51.0 Å². The van der Waals surface area contributed by atoms with Crippen molar-refractivity contribution < 1.29 is 9.18 Å². The third-order valence-electron chi connectivity index (χ3n) is 2.87. The van der Waals surface area contributed by atoms with Gasteiger partial charge in [-0.15, -0.1) is 0 Å². The van der Waals surface area contributed by atoms with E-state index >= 15 is 0 Å². The minimum Gasteiger partial charge on any atom is -0.292 e. The Balaban J connectivity index is 2.31. The van der Waals surface area contributed by atoms with E-state index in [4.69, 9.17) is 11.6 Å². The van der Waals surface area contributed by atoms with Gasteiger partial charge >= 0.3 is 0 Å². The molecule has 2 rings (SSSR count). The molecule has 0 unspecified atom stereocenters. The topological polar surface area (TPSA) is 34.9 Å². The average molecular weight is 360 g/mol. The number of carbonyl (C=O) groups is 1. The maximum Gasteiger partial charge on any atom is 0.186 e. The van der Waals surface area contributed by atoms with Crippen molar-refractivity contribution in [2.45, 2.75) is 26.3 Å². The summed E-state index contributed by atoms with van der Waals surface area (Å²) in [5, 5.41) is 4.43. The zero-order valence-electron chi connectivity index (χ0n) is 11.0. The molecule has 20 heavy (non-hydrogen) atoms. The first-order chi connectivity index (χ1) is 9.40. The van der Waals surface area contributed by atoms with Gasteiger partial charge in [0, 0.05) is 17.5 Å². The number of carbonyl (C=O) groups excluding carboxylic acids is 1. The molecule has 0 N–H and O–H groups in total. The average Bonchev–Trinajstić information content (AvgIpc) is 2.75. The number of hydrogen-bond donors (Lipinski definition) is 0. The second kappa shape index (κ2) is 6.06. The fraction of sp³-hybridized carbons (Fsp3) is 0.286. The van der Waals surface area contributed by atoms with Gasteiger partial charge in [-0.25, -0.2) is 4.39 Å². The van der Waals surface area contributed by atoms with E-state index in [1.807, 2.05) is 13.8 Å². The number of nitrogens with zero attached hydrogens (tertiary/aromatic N) is 2. The fourth-order valence-corrected chi connectivity index (χ4v) is 2.64. The lowest BCUT2D eigenvalue weighted by atomic mass is 10.1. The highest BCUT2D eigenvalue weighted by molar-refractivity contribution is 9.10. The number of hydrogen-bond acceptors (Lipinski definition) is 2. The summed E-state index contributed by atoms with van der Waals surface area (Å²) in [6.45, 7) is 3.89. The Morgan fingerprint density at radius 3 is 2.80 bits per heavy atom. The highest BCUT2D eigenvalue weighted by Gasteiger charge is 2.20. The van der Waals surface area contributed by atoms with Gasteiger partial charge in [-0.1, -0.05) is 17.7 Å². The number of Topliss-reactive ketones (excluding diaryl/α,β-unsaturated/α-hetero) is 1. The molecule has 0 bridgehead atoms. The Kier molecular flexibility index (Phi) is 4.60. The summed E-state index contributed by atoms with van der Waals surface area (Å²) in [7, 11) is 0. The van der Waals surface area contributed by atoms with Crippen LogP contribution < -0.4 is 0 Å². The van der Waals surface area contributed by atoms with Crippen molar-refractivity contribution in [3.63, 3.8) is 0 Å². The van der Waals surface area contributed by atoms with Crippen LogP contribution in [0, 0.1) is 5.82 Å². The maximum atomic E-state index is 13.0. The summed E-state index contributed by atoms with van der Waals surface area (Å²) >= 11 is 9.28. The monoisotopic (exact) mass is 358 g/mol. The van der Waals surface area contributed by atoms with Gasteiger partial charge in [0.15, 0.2) is 5.78 Å². The molecule has 0 amide bonds. The molecule has 0 saturated heterocycles. The molecular formula is C14H13BrClFN2O. The first-order valence-corrected chi connectivity index (χ1v) is 7.27. The van der Waals surface area contributed by atoms with E-state index in [2.05, 4.69) is 21.0 Å². The molecule has 0 aliphatic carbocycles. The second-order valence-corrected chi connectivity index (χ2v) is 5.98. The van der Waals surface area contributed by atoms with E-state index in [0.717, 1.165) is 0 Å². The summed E-state index contributed by atoms with van der Waals surface area (Å²) < 4.78 is 15.3. The summed E-state index contributed by atoms with van der Waals surface area (Å²) in [5.41, 5.74) is 1.10. The lowest BCUT2D eigenvalue weighted by Gasteiger charge is -2.11. The van der Waals surface area contributed by atoms with E-state index < -0.39 is 5.82 Å². The van der Waals surface area contributed by atoms with Crippen LogP contribution in [0.4, 0.5) is 4.39 Å². The molecule has 0 aliphatic heterocycles. The second-order valence-electron chi connectivity index (χ2n) is 4.72. The smallest absolute Gasteiger partial charge is 0.186 e. The Bertz CT molecular complexity index is 655. The quantitative estimate of drug-likeness (QED) is 0.756. The Morgan fingerprint density at radius 1 is 1.50 bits per heavy atom. The summed E-state index contributed by atoms with van der Waals surface area (Å²) in [4.78, 5) is 12.4. The zero-order chi connectivity index (χ0) is 14.9. The molecule has 1 aromatic heterocycles. The van der Waals surface area contributed by atoms with Crippen LogP contribution in [0.5, 0.6) is 0 Å². The minimum atomic E-state index is -0.417. The van der Waals surface area contributed by atoms with Gasteiger partial charge in [-0.2, -0.15) is 5.10 Å². The van der Waals surface area contributed by atoms with Gasteiger partial charge < -0.3 is 0 Å². The summed E-state index contributed by atoms with van der Waals surface area (Å²) in [6.07, 6.45) is 1.70. The van der Waals surface area contributed by atoms with E-state index in [0.29, 0.717) is 15.7 Å². The number of rotatable bonds is 4. The van der Waals surface area contributed by atoms with Crippen molar-refractivity contribution in [1.82, 2.24) is 9.78 Å². The normalized spacial score (nSPS) is 11.1. The van der Waals surface area contributed by atoms with Crippen molar-refractivity contribution in [3.8, 4) is 0 Å². The van der Waals surface area contributed by atoms with Gasteiger partial charge in [0.05, 0.1) is 10.7 Å². The van der Waals surface area contributed by atoms with Crippen LogP contribution >= 0.6 is 27.5 Å². The lowest BCUT2D eigenvalue weighted by molar-refractivity contribution is 0.0980. The first kappa shape index (κ1) is 15.2. The van der Waals surface area contributed by atoms with Gasteiger partial charge in [-0.3, -0.25) is 9.48 Å². The van der Waals surface area contributed by atoms with Gasteiger partial charge in [0.25, 0.3) is 0 Å². The minimum absolute atomic E-state index is 0.0731. The molecule has 0 aliphatic rings. The van der Waals surface area contributed by atoms with Crippen LogP contribution in [-0.4, -0.2) is 15.6 Å². The molecule has 0 spiro atoms. The Morgan fingerprint density at radius 2 is 2.20 bits per heavy atom. The maximum absolute atomic E-state index is 13.0. The van der Waals surface area contributed by atoms with Crippen LogP contribution in [0.2, 0.25) is 5.02 Å². The molecule has 106 valence electrons. The third kappa shape index (κ3) is 3.10. The number of benzene rings is 1. The number of ketones is 1. The largest absolute Gasteiger partial charge is 0.292 e. The van der Waals surface area contributed by atoms with Gasteiger partial charge in [0.2, 0.25) is 0 Å². The van der Waals surface area contributed by atoms with Gasteiger partial charge in [0.1, 0.15) is 11.5 Å². The molecule has 6 heteroatoms. The molecule has 2 aromatic rings. The fourth-order valence-electron chi connectivity index (χ4n) is 1.92. The van der Waals surface area contributed by atoms with Crippen LogP contribution in [-0.2, 0) is 6.42 Å². The highest BCUT2D eigenvalue weighted by Crippen LogP contribution is 2.24. The number of aromatic nitrogens is 2. The van der Waals surface area contributed by atoms with Crippen molar-refractivity contribution >= 4 is 33.3 Å². The molecule has 0 saturated carbocycles. The molecule has 1 heterocycles. The SMILES string of the molecule is CC(C)n1ncc(Br)c1C(=O)Cc1ccc(F)cc1Cl. The van der Waals surface area contributed by atoms with Crippen LogP contribution in [0.1, 0.15) is 35.9 Å². The zero-order valence-corrected chi connectivity index (χ0v) is 13.4. The predicted octanol–water partition coefficient (Wildman–Crippen LogP) is 4.44. The van der Waals surface area contributed by atoms with E-state index in [1.165, 1.54) is 18.2 Å². The van der Waals surface area contributed by atoms with E-state index in [-0.39, 0.29) is 23.3 Å². The van der Waals surface area contributed by atoms with Crippen LogP contribution in [0.15, 0.2) is 28.9 Å². The molecular weight excluding hydrogens is 347 g/mol. The van der Waals surface area contributed by atoms with Crippen LogP contribution in [0.3, 0.4) is 0 Å². The predicted molar refractivity (Wildman–Crippen MR) is 79.8 cm³/mol. The number of halogens is 3. The Labute approximate surface area is 129 Å². The molecule has 3 nitrogen and oxygen atoms in total. The van der Waals surface area contributed by atoms with E-state index in [9.17, 15) is 9.18 Å². The Hall–Kier alpha value is -1.20. The van der Waals surface area contributed by atoms with Crippen molar-refractivity contribution in [2.24, 2.45) is 0 Å². The summed E-state index contributed by atoms with van der Waals surface area (Å²) in [6, 6.07) is 4.10. The third-order valence-corrected chi connectivity index (χ3v) is 3.80. The van der Waals surface area contributed by atoms with Crippen molar-refractivity contribution in [2.75, 3.05) is 0 Å². The molecule has 0 atom stereocenters. The first-order valence-electron chi connectivity index (χ1n) is 6.10. The van der Waals surface area contributed by atoms with Crippen LogP contribution in [0.25, 0.3) is 0 Å². The van der Waals surface area contributed by atoms with Gasteiger partial charge in [-0.05, 0) is 47.5 Å². The molecule has 1 aromatic carbocycles. The standard InChI is InChI=1S/C14H13BrClFN2O/c1-8(2)19-14(11(15)7-18-19)13(20)5-9-3-4-10(17)6-12(9)16/h3-4,6-8H,5H2,1-2H3.